The zero-order valence-electron chi connectivity index (χ0n) is 16.9. The number of thioether (sulfide) groups is 1. The van der Waals surface area contributed by atoms with Crippen LogP contribution in [0.3, 0.4) is 0 Å². The molecule has 0 atom stereocenters. The van der Waals surface area contributed by atoms with E-state index in [2.05, 4.69) is 72.8 Å². The molecule has 4 aromatic carbocycles. The molecule has 2 heterocycles. The number of aryl methyl sites for hydroxylation is 2. The number of benzene rings is 4. The lowest BCUT2D eigenvalue weighted by molar-refractivity contribution is 0.460. The molecule has 0 aromatic heterocycles. The highest BCUT2D eigenvalue weighted by atomic mass is 32.2. The van der Waals surface area contributed by atoms with Gasteiger partial charge in [-0.1, -0.05) is 78.9 Å². The molecule has 0 aliphatic carbocycles. The van der Waals surface area contributed by atoms with Crippen molar-refractivity contribution in [3.05, 3.63) is 125 Å². The Morgan fingerprint density at radius 1 is 0.500 bits per heavy atom. The van der Waals surface area contributed by atoms with Gasteiger partial charge in [-0.25, -0.2) is 0 Å². The third-order valence-corrected chi connectivity index (χ3v) is 6.85. The minimum Gasteiger partial charge on any atom is -0.457 e. The predicted molar refractivity (Wildman–Crippen MR) is 126 cm³/mol. The Kier molecular flexibility index (Phi) is 5.58. The Morgan fingerprint density at radius 2 is 1.00 bits per heavy atom. The predicted octanol–water partition coefficient (Wildman–Crippen LogP) is 7.46. The van der Waals surface area contributed by atoms with E-state index in [0.717, 1.165) is 23.7 Å². The molecule has 1 nitrogen and oxygen atoms in total. The van der Waals surface area contributed by atoms with Gasteiger partial charge in [0.05, 0.1) is 0 Å². The van der Waals surface area contributed by atoms with Crippen LogP contribution in [0.25, 0.3) is 0 Å². The van der Waals surface area contributed by atoms with E-state index in [0.29, 0.717) is 0 Å². The summed E-state index contributed by atoms with van der Waals surface area (Å²) in [4.78, 5) is 1.46. The van der Waals surface area contributed by atoms with Gasteiger partial charge in [0.25, 0.3) is 0 Å². The van der Waals surface area contributed by atoms with Crippen molar-refractivity contribution in [1.29, 1.82) is 0 Å². The molecular formula is C28H24OS. The summed E-state index contributed by atoms with van der Waals surface area (Å²) >= 11 is 1.97. The Hall–Kier alpha value is -2.97. The van der Waals surface area contributed by atoms with E-state index in [1.807, 2.05) is 36.0 Å². The van der Waals surface area contributed by atoms with Gasteiger partial charge in [0, 0.05) is 17.1 Å². The van der Waals surface area contributed by atoms with Gasteiger partial charge < -0.3 is 4.74 Å². The smallest absolute Gasteiger partial charge is 0.130 e. The summed E-state index contributed by atoms with van der Waals surface area (Å²) in [6.07, 6.45) is 3.32. The monoisotopic (exact) mass is 408 g/mol. The summed E-state index contributed by atoms with van der Waals surface area (Å²) in [6, 6.07) is 34.0. The molecule has 0 radical (unpaired) electrons. The summed E-state index contributed by atoms with van der Waals surface area (Å²) in [5, 5.41) is 0. The maximum atomic E-state index is 5.78. The van der Waals surface area contributed by atoms with Gasteiger partial charge in [-0.05, 0) is 58.9 Å². The van der Waals surface area contributed by atoms with Crippen molar-refractivity contribution in [2.45, 2.75) is 29.9 Å². The lowest BCUT2D eigenvalue weighted by Gasteiger charge is -2.19. The number of ether oxygens (including phenoxy) is 1. The standard InChI is InChI=1S/C15H14S.C13H10O/c1-2-7-14-11-16-15-8-4-3-6-13(15)10-9-12(14)5-1;1-3-7-12-10(5-1)9-11-6-2-4-8-13(11)14-12/h1-8H,9-11H2;1-8H,9H2. The first-order valence-electron chi connectivity index (χ1n) is 10.5. The van der Waals surface area contributed by atoms with Crippen molar-refractivity contribution >= 4 is 11.8 Å². The second kappa shape index (κ2) is 8.81. The third kappa shape index (κ3) is 4.15. The average molecular weight is 409 g/mol. The molecule has 2 aliphatic rings. The fraction of sp³-hybridized carbons (Fsp3) is 0.143. The maximum absolute atomic E-state index is 5.78. The first-order chi connectivity index (χ1) is 14.9. The molecule has 0 saturated carbocycles. The molecule has 0 N–H and O–H groups in total. The van der Waals surface area contributed by atoms with Crippen LogP contribution in [0.4, 0.5) is 0 Å². The topological polar surface area (TPSA) is 9.23 Å². The number of hydrogen-bond acceptors (Lipinski definition) is 2. The van der Waals surface area contributed by atoms with Crippen molar-refractivity contribution in [2.75, 3.05) is 0 Å². The molecule has 0 spiro atoms. The fourth-order valence-electron chi connectivity index (χ4n) is 4.04. The van der Waals surface area contributed by atoms with E-state index >= 15 is 0 Å². The molecule has 148 valence electrons. The second-order valence-electron chi connectivity index (χ2n) is 7.66. The van der Waals surface area contributed by atoms with Gasteiger partial charge in [-0.2, -0.15) is 0 Å². The summed E-state index contributed by atoms with van der Waals surface area (Å²) in [6.45, 7) is 0. The Labute approximate surface area is 182 Å². The second-order valence-corrected chi connectivity index (χ2v) is 8.68. The number of fused-ring (bicyclic) bond motifs is 4. The summed E-state index contributed by atoms with van der Waals surface area (Å²) < 4.78 is 5.78. The van der Waals surface area contributed by atoms with Gasteiger partial charge in [0.2, 0.25) is 0 Å². The number of hydrogen-bond donors (Lipinski definition) is 0. The minimum absolute atomic E-state index is 0.979. The van der Waals surface area contributed by atoms with Crippen LogP contribution in [0.15, 0.2) is 102 Å². The summed E-state index contributed by atoms with van der Waals surface area (Å²) in [7, 11) is 0. The molecular weight excluding hydrogens is 384 g/mol. The molecule has 0 unspecified atom stereocenters. The molecule has 30 heavy (non-hydrogen) atoms. The van der Waals surface area contributed by atoms with Crippen LogP contribution >= 0.6 is 11.8 Å². The van der Waals surface area contributed by atoms with Crippen LogP contribution in [0, 0.1) is 0 Å². The molecule has 6 rings (SSSR count). The van der Waals surface area contributed by atoms with E-state index in [4.69, 9.17) is 4.74 Å². The first kappa shape index (κ1) is 19.0. The Morgan fingerprint density at radius 3 is 1.70 bits per heavy atom. The normalized spacial score (nSPS) is 13.6. The molecule has 2 aliphatic heterocycles. The van der Waals surface area contributed by atoms with Crippen LogP contribution in [-0.4, -0.2) is 0 Å². The van der Waals surface area contributed by atoms with E-state index < -0.39 is 0 Å². The molecule has 0 fully saturated rings. The van der Waals surface area contributed by atoms with Gasteiger partial charge in [-0.3, -0.25) is 0 Å². The molecule has 2 heteroatoms. The highest BCUT2D eigenvalue weighted by Crippen LogP contribution is 2.35. The highest BCUT2D eigenvalue weighted by Gasteiger charge is 2.14. The van der Waals surface area contributed by atoms with Crippen molar-refractivity contribution in [3.63, 3.8) is 0 Å². The third-order valence-electron chi connectivity index (χ3n) is 5.68. The molecule has 0 bridgehead atoms. The number of rotatable bonds is 0. The zero-order valence-corrected chi connectivity index (χ0v) is 17.7. The molecule has 4 aromatic rings. The molecule has 0 amide bonds. The van der Waals surface area contributed by atoms with Crippen LogP contribution in [0.5, 0.6) is 11.5 Å². The largest absolute Gasteiger partial charge is 0.457 e. The van der Waals surface area contributed by atoms with E-state index in [9.17, 15) is 0 Å². The Bertz CT molecular complexity index is 983. The van der Waals surface area contributed by atoms with Gasteiger partial charge in [0.1, 0.15) is 11.5 Å². The maximum Gasteiger partial charge on any atom is 0.130 e. The quantitative estimate of drug-likeness (QED) is 0.263. The van der Waals surface area contributed by atoms with Gasteiger partial charge in [0.15, 0.2) is 0 Å². The number of para-hydroxylation sites is 2. The van der Waals surface area contributed by atoms with Crippen LogP contribution in [0.1, 0.15) is 27.8 Å². The van der Waals surface area contributed by atoms with Crippen molar-refractivity contribution in [1.82, 2.24) is 0 Å². The highest BCUT2D eigenvalue weighted by molar-refractivity contribution is 7.98. The Balaban J connectivity index is 0.000000130. The van der Waals surface area contributed by atoms with E-state index in [1.165, 1.54) is 45.6 Å². The summed E-state index contributed by atoms with van der Waals surface area (Å²) in [5.41, 5.74) is 7.06. The van der Waals surface area contributed by atoms with Crippen LogP contribution in [0.2, 0.25) is 0 Å². The minimum atomic E-state index is 0.979. The van der Waals surface area contributed by atoms with Crippen LogP contribution < -0.4 is 4.74 Å². The van der Waals surface area contributed by atoms with Crippen molar-refractivity contribution in [3.8, 4) is 11.5 Å². The SMILES string of the molecule is c1ccc2c(c1)CCc1ccccc1SC2.c1ccc2c(c1)Cc1ccccc1O2. The van der Waals surface area contributed by atoms with E-state index in [1.54, 1.807) is 0 Å². The van der Waals surface area contributed by atoms with E-state index in [-0.39, 0.29) is 0 Å². The van der Waals surface area contributed by atoms with Gasteiger partial charge >= 0.3 is 0 Å². The lowest BCUT2D eigenvalue weighted by atomic mass is 10.0. The fourth-order valence-corrected chi connectivity index (χ4v) is 5.16. The molecule has 0 saturated heterocycles. The zero-order chi connectivity index (χ0) is 20.2. The van der Waals surface area contributed by atoms with Crippen molar-refractivity contribution < 1.29 is 4.74 Å². The van der Waals surface area contributed by atoms with Crippen molar-refractivity contribution in [2.24, 2.45) is 0 Å². The average Bonchev–Trinajstić information content (AvgIpc) is 2.80. The first-order valence-corrected chi connectivity index (χ1v) is 11.5. The van der Waals surface area contributed by atoms with Gasteiger partial charge in [-0.15, -0.1) is 11.8 Å². The van der Waals surface area contributed by atoms with Crippen LogP contribution in [-0.2, 0) is 25.0 Å². The lowest BCUT2D eigenvalue weighted by Crippen LogP contribution is -2.01. The summed E-state index contributed by atoms with van der Waals surface area (Å²) in [5.74, 6) is 3.09.